The molecular weight excluding hydrogens is 400 g/mol. The molecule has 7 heteroatoms. The molecule has 0 radical (unpaired) electrons. The van der Waals surface area contributed by atoms with Crippen molar-refractivity contribution in [3.05, 3.63) is 90.0 Å². The molecule has 0 bridgehead atoms. The van der Waals surface area contributed by atoms with Gasteiger partial charge in [0.2, 0.25) is 11.7 Å². The zero-order valence-electron chi connectivity index (χ0n) is 15.7. The Morgan fingerprint density at radius 1 is 0.867 bits per heavy atom. The quantitative estimate of drug-likeness (QED) is 0.543. The first kappa shape index (κ1) is 18.3. The van der Waals surface area contributed by atoms with Crippen LogP contribution < -0.4 is 0 Å². The summed E-state index contributed by atoms with van der Waals surface area (Å²) in [6.07, 6.45) is 0. The Hall–Kier alpha value is -3.71. The maximum Gasteiger partial charge on any atom is 0.214 e. The van der Waals surface area contributed by atoms with E-state index in [0.717, 1.165) is 0 Å². The van der Waals surface area contributed by atoms with Gasteiger partial charge in [-0.05, 0) is 30.3 Å². The van der Waals surface area contributed by atoms with Gasteiger partial charge in [0.05, 0.1) is 21.7 Å². The molecule has 0 unspecified atom stereocenters. The third kappa shape index (κ3) is 2.74. The third-order valence-electron chi connectivity index (χ3n) is 5.18. The number of fused-ring (bicyclic) bond motifs is 2. The van der Waals surface area contributed by atoms with Gasteiger partial charge in [-0.15, -0.1) is 0 Å². The van der Waals surface area contributed by atoms with Crippen molar-refractivity contribution >= 4 is 37.9 Å². The van der Waals surface area contributed by atoms with Gasteiger partial charge in [0, 0.05) is 10.9 Å². The average molecular weight is 416 g/mol. The predicted octanol–water partition coefficient (Wildman–Crippen LogP) is 4.10. The summed E-state index contributed by atoms with van der Waals surface area (Å²) in [5.74, 6) is -1.05. The minimum absolute atomic E-state index is 0.112. The van der Waals surface area contributed by atoms with E-state index in [1.165, 1.54) is 16.7 Å². The fourth-order valence-electron chi connectivity index (χ4n) is 3.76. The highest BCUT2D eigenvalue weighted by atomic mass is 32.2. The van der Waals surface area contributed by atoms with Crippen molar-refractivity contribution < 1.29 is 18.3 Å². The molecule has 1 aliphatic rings. The number of carbonyl (C=O) groups is 1. The van der Waals surface area contributed by atoms with Crippen LogP contribution in [-0.2, 0) is 15.7 Å². The lowest BCUT2D eigenvalue weighted by Crippen LogP contribution is -2.13. The molecule has 0 aliphatic carbocycles. The van der Waals surface area contributed by atoms with Crippen LogP contribution in [0.15, 0.2) is 88.8 Å². The largest absolute Gasteiger partial charge is 0.494 e. The van der Waals surface area contributed by atoms with E-state index < -0.39 is 15.7 Å². The molecule has 5 rings (SSSR count). The summed E-state index contributed by atoms with van der Waals surface area (Å²) in [5.41, 5.74) is 1.86. The van der Waals surface area contributed by atoms with Crippen molar-refractivity contribution in [2.75, 3.05) is 0 Å². The second-order valence-electron chi connectivity index (χ2n) is 7.01. The Bertz CT molecular complexity index is 1450. The van der Waals surface area contributed by atoms with Crippen LogP contribution in [-0.4, -0.2) is 29.6 Å². The van der Waals surface area contributed by atoms with Gasteiger partial charge in [-0.25, -0.2) is 13.4 Å². The van der Waals surface area contributed by atoms with Gasteiger partial charge in [0.15, 0.2) is 9.84 Å². The maximum absolute atomic E-state index is 12.9. The minimum Gasteiger partial charge on any atom is -0.494 e. The van der Waals surface area contributed by atoms with Crippen LogP contribution in [0.25, 0.3) is 10.9 Å². The number of Topliss-reactive ketones (excluding diaryl/α,β-unsaturated/α-hetero) is 1. The monoisotopic (exact) mass is 416 g/mol. The number of nitrogens with zero attached hydrogens (tertiary/aromatic N) is 2. The van der Waals surface area contributed by atoms with E-state index in [-0.39, 0.29) is 27.8 Å². The topological polar surface area (TPSA) is 88.7 Å². The number of benzene rings is 3. The molecule has 30 heavy (non-hydrogen) atoms. The summed E-state index contributed by atoms with van der Waals surface area (Å²) in [5, 5.41) is 11.6. The summed E-state index contributed by atoms with van der Waals surface area (Å²) in [6.45, 7) is 0. The lowest BCUT2D eigenvalue weighted by atomic mass is 10.0. The number of ketones is 1. The maximum atomic E-state index is 12.9. The molecule has 2 heterocycles. The molecule has 1 N–H and O–H groups in total. The Kier molecular flexibility index (Phi) is 4.08. The van der Waals surface area contributed by atoms with Crippen LogP contribution in [0, 0.1) is 0 Å². The number of carbonyl (C=O) groups excluding carboxylic acids is 1. The zero-order chi connectivity index (χ0) is 20.9. The number of sulfone groups is 1. The molecule has 0 spiro atoms. The van der Waals surface area contributed by atoms with Gasteiger partial charge < -0.3 is 5.11 Å². The number of hydrogen-bond donors (Lipinski definition) is 1. The van der Waals surface area contributed by atoms with Crippen molar-refractivity contribution in [1.82, 2.24) is 4.57 Å². The van der Waals surface area contributed by atoms with Crippen LogP contribution in [0.2, 0.25) is 0 Å². The Labute approximate surface area is 172 Å². The van der Waals surface area contributed by atoms with Gasteiger partial charge in [-0.2, -0.15) is 0 Å². The standard InChI is InChI=1S/C23H16N2O4S/c26-22-16-10-4-6-12-18(16)24-21(22)20-17-11-5-7-13-19(17)25(23(20)27)14-30(28,29)15-8-2-1-3-9-15/h1-13,27H,14H2. The van der Waals surface area contributed by atoms with Gasteiger partial charge >= 0.3 is 0 Å². The smallest absolute Gasteiger partial charge is 0.214 e. The molecule has 0 saturated carbocycles. The highest BCUT2D eigenvalue weighted by Gasteiger charge is 2.32. The first-order valence-electron chi connectivity index (χ1n) is 9.28. The summed E-state index contributed by atoms with van der Waals surface area (Å²) >= 11 is 0. The second kappa shape index (κ2) is 6.67. The summed E-state index contributed by atoms with van der Waals surface area (Å²) < 4.78 is 27.2. The van der Waals surface area contributed by atoms with E-state index in [0.29, 0.717) is 22.2 Å². The summed E-state index contributed by atoms with van der Waals surface area (Å²) in [6, 6.07) is 22.0. The van der Waals surface area contributed by atoms with Gasteiger partial charge in [-0.3, -0.25) is 9.36 Å². The number of para-hydroxylation sites is 2. The number of rotatable bonds is 4. The lowest BCUT2D eigenvalue weighted by Gasteiger charge is -2.09. The van der Waals surface area contributed by atoms with E-state index in [2.05, 4.69) is 4.99 Å². The van der Waals surface area contributed by atoms with Crippen molar-refractivity contribution in [3.63, 3.8) is 0 Å². The first-order chi connectivity index (χ1) is 14.5. The summed E-state index contributed by atoms with van der Waals surface area (Å²) in [7, 11) is -3.73. The minimum atomic E-state index is -3.73. The molecule has 0 fully saturated rings. The third-order valence-corrected chi connectivity index (χ3v) is 6.77. The molecule has 1 aliphatic heterocycles. The number of hydrogen-bond acceptors (Lipinski definition) is 5. The first-order valence-corrected chi connectivity index (χ1v) is 10.9. The highest BCUT2D eigenvalue weighted by molar-refractivity contribution is 7.90. The fourth-order valence-corrected chi connectivity index (χ4v) is 5.08. The van der Waals surface area contributed by atoms with Crippen LogP contribution in [0.3, 0.4) is 0 Å². The van der Waals surface area contributed by atoms with E-state index in [1.54, 1.807) is 66.7 Å². The molecule has 0 amide bonds. The number of aromatic nitrogens is 1. The van der Waals surface area contributed by atoms with Gasteiger partial charge in [0.25, 0.3) is 0 Å². The van der Waals surface area contributed by atoms with E-state index in [1.807, 2.05) is 0 Å². The predicted molar refractivity (Wildman–Crippen MR) is 114 cm³/mol. The summed E-state index contributed by atoms with van der Waals surface area (Å²) in [4.78, 5) is 17.5. The van der Waals surface area contributed by atoms with Crippen molar-refractivity contribution in [1.29, 1.82) is 0 Å². The fraction of sp³-hybridized carbons (Fsp3) is 0.0435. The molecular formula is C23H16N2O4S. The molecule has 3 aromatic carbocycles. The highest BCUT2D eigenvalue weighted by Crippen LogP contribution is 2.37. The van der Waals surface area contributed by atoms with Crippen molar-refractivity contribution in [2.45, 2.75) is 10.8 Å². The van der Waals surface area contributed by atoms with E-state index in [4.69, 9.17) is 0 Å². The lowest BCUT2D eigenvalue weighted by molar-refractivity contribution is 0.107. The Morgan fingerprint density at radius 2 is 1.53 bits per heavy atom. The van der Waals surface area contributed by atoms with E-state index >= 15 is 0 Å². The molecule has 6 nitrogen and oxygen atoms in total. The molecule has 0 saturated heterocycles. The molecule has 0 atom stereocenters. The number of aliphatic imine (C=N–C) groups is 1. The van der Waals surface area contributed by atoms with Gasteiger partial charge in [-0.1, -0.05) is 48.5 Å². The average Bonchev–Trinajstić information content (AvgIpc) is 3.23. The van der Waals surface area contributed by atoms with Crippen LogP contribution in [0.5, 0.6) is 5.88 Å². The molecule has 1 aromatic heterocycles. The SMILES string of the molecule is O=C1C(c2c(O)n(CS(=O)(=O)c3ccccc3)c3ccccc23)=Nc2ccccc21. The van der Waals surface area contributed by atoms with Crippen LogP contribution in [0.1, 0.15) is 15.9 Å². The van der Waals surface area contributed by atoms with Crippen LogP contribution >= 0.6 is 0 Å². The Morgan fingerprint density at radius 3 is 2.30 bits per heavy atom. The number of aromatic hydroxyl groups is 1. The Balaban J connectivity index is 1.69. The van der Waals surface area contributed by atoms with Gasteiger partial charge in [0.1, 0.15) is 11.6 Å². The normalized spacial score (nSPS) is 13.5. The van der Waals surface area contributed by atoms with Crippen molar-refractivity contribution in [3.8, 4) is 5.88 Å². The van der Waals surface area contributed by atoms with Crippen LogP contribution in [0.4, 0.5) is 5.69 Å². The molecule has 148 valence electrons. The van der Waals surface area contributed by atoms with Crippen molar-refractivity contribution in [2.24, 2.45) is 4.99 Å². The molecule has 4 aromatic rings. The zero-order valence-corrected chi connectivity index (χ0v) is 16.5. The van der Waals surface area contributed by atoms with E-state index in [9.17, 15) is 18.3 Å². The second-order valence-corrected chi connectivity index (χ2v) is 8.97.